The molecule has 2 atom stereocenters. The summed E-state index contributed by atoms with van der Waals surface area (Å²) in [5, 5.41) is 0. The number of rotatable bonds is 48. The van der Waals surface area contributed by atoms with Crippen LogP contribution in [0.25, 0.3) is 0 Å². The molecule has 0 bridgehead atoms. The van der Waals surface area contributed by atoms with Crippen molar-refractivity contribution in [3.8, 4) is 0 Å². The molecule has 1 unspecified atom stereocenters. The van der Waals surface area contributed by atoms with Crippen LogP contribution >= 0.6 is 7.82 Å². The number of ether oxygens (including phenoxy) is 2. The molecule has 58 heavy (non-hydrogen) atoms. The summed E-state index contributed by atoms with van der Waals surface area (Å²) in [7, 11) is -4.37. The topological polar surface area (TPSA) is 134 Å². The predicted octanol–water partition coefficient (Wildman–Crippen LogP) is 14.8. The number of carbonyl (C=O) groups excluding carboxylic acids is 2. The van der Waals surface area contributed by atoms with E-state index in [1.54, 1.807) is 0 Å². The molecule has 0 fully saturated rings. The van der Waals surface area contributed by atoms with E-state index in [9.17, 15) is 19.0 Å². The summed E-state index contributed by atoms with van der Waals surface area (Å²) in [4.78, 5) is 35.0. The lowest BCUT2D eigenvalue weighted by molar-refractivity contribution is -0.161. The quantitative estimate of drug-likeness (QED) is 0.0349. The normalized spacial score (nSPS) is 13.1. The van der Waals surface area contributed by atoms with Crippen molar-refractivity contribution >= 4 is 19.8 Å². The van der Waals surface area contributed by atoms with Gasteiger partial charge in [-0.1, -0.05) is 239 Å². The van der Waals surface area contributed by atoms with Gasteiger partial charge in [-0.3, -0.25) is 18.6 Å². The fraction of sp³-hybridized carbons (Fsp3) is 0.958. The van der Waals surface area contributed by atoms with Crippen LogP contribution < -0.4 is 5.73 Å². The minimum atomic E-state index is -4.37. The first-order valence-electron chi connectivity index (χ1n) is 25.0. The van der Waals surface area contributed by atoms with Crippen LogP contribution in [0, 0.1) is 0 Å². The van der Waals surface area contributed by atoms with Crippen molar-refractivity contribution in [2.45, 2.75) is 270 Å². The Kier molecular flexibility index (Phi) is 44.8. The van der Waals surface area contributed by atoms with E-state index >= 15 is 0 Å². The van der Waals surface area contributed by atoms with Gasteiger partial charge in [0.05, 0.1) is 13.2 Å². The summed E-state index contributed by atoms with van der Waals surface area (Å²) in [5.41, 5.74) is 5.36. The van der Waals surface area contributed by atoms with Crippen LogP contribution in [-0.4, -0.2) is 49.3 Å². The SMILES string of the molecule is CCCCCCCCCCCCCCCCCCCCCC(=O)O[C@H](COC(=O)CCCCCCCCCCCCCCCCCCCC)COP(=O)(O)OCCN. The molecule has 0 saturated heterocycles. The molecule has 9 nitrogen and oxygen atoms in total. The standard InChI is InChI=1S/C48H96NO8P/c1-3-5-7-9-11-13-15-17-19-21-23-25-27-29-31-33-35-37-39-41-48(51)57-46(45-56-58(52,53)55-43-42-49)44-54-47(50)40-38-36-34-32-30-28-26-24-22-20-18-16-14-12-10-8-6-4-2/h46H,3-45,49H2,1-2H3,(H,52,53)/t46-/m1/s1. The molecule has 0 aromatic carbocycles. The third kappa shape index (κ3) is 44.6. The Morgan fingerprint density at radius 2 is 0.741 bits per heavy atom. The molecule has 0 aliphatic carbocycles. The second kappa shape index (κ2) is 45.5. The second-order valence-corrected chi connectivity index (χ2v) is 18.5. The molecule has 0 rings (SSSR count). The van der Waals surface area contributed by atoms with Crippen LogP contribution in [0.5, 0.6) is 0 Å². The van der Waals surface area contributed by atoms with E-state index in [2.05, 4.69) is 13.8 Å². The highest BCUT2D eigenvalue weighted by Gasteiger charge is 2.26. The monoisotopic (exact) mass is 846 g/mol. The third-order valence-corrected chi connectivity index (χ3v) is 12.2. The van der Waals surface area contributed by atoms with Crippen molar-refractivity contribution in [2.24, 2.45) is 5.73 Å². The van der Waals surface area contributed by atoms with Gasteiger partial charge < -0.3 is 20.1 Å². The Morgan fingerprint density at radius 1 is 0.448 bits per heavy atom. The van der Waals surface area contributed by atoms with Gasteiger partial charge in [-0.15, -0.1) is 0 Å². The summed E-state index contributed by atoms with van der Waals surface area (Å²) in [6.07, 6.45) is 47.1. The third-order valence-electron chi connectivity index (χ3n) is 11.2. The second-order valence-electron chi connectivity index (χ2n) is 17.1. The fourth-order valence-corrected chi connectivity index (χ4v) is 8.29. The van der Waals surface area contributed by atoms with Gasteiger partial charge in [0.2, 0.25) is 0 Å². The zero-order chi connectivity index (χ0) is 42.5. The first-order chi connectivity index (χ1) is 28.3. The Labute approximate surface area is 358 Å². The lowest BCUT2D eigenvalue weighted by Crippen LogP contribution is -2.29. The fourth-order valence-electron chi connectivity index (χ4n) is 7.52. The van der Waals surface area contributed by atoms with Crippen molar-refractivity contribution in [3.63, 3.8) is 0 Å². The van der Waals surface area contributed by atoms with Gasteiger partial charge in [-0.2, -0.15) is 0 Å². The molecule has 0 aliphatic rings. The molecule has 0 amide bonds. The maximum atomic E-state index is 12.6. The van der Waals surface area contributed by atoms with Crippen LogP contribution in [0.1, 0.15) is 264 Å². The lowest BCUT2D eigenvalue weighted by atomic mass is 10.0. The van der Waals surface area contributed by atoms with E-state index in [0.29, 0.717) is 6.42 Å². The van der Waals surface area contributed by atoms with Crippen molar-refractivity contribution in [1.29, 1.82) is 0 Å². The molecule has 0 heterocycles. The summed E-state index contributed by atoms with van der Waals surface area (Å²) >= 11 is 0. The smallest absolute Gasteiger partial charge is 0.462 e. The molecule has 346 valence electrons. The number of hydrogen-bond acceptors (Lipinski definition) is 8. The van der Waals surface area contributed by atoms with Crippen LogP contribution in [0.3, 0.4) is 0 Å². The first kappa shape index (κ1) is 57.0. The summed E-state index contributed by atoms with van der Waals surface area (Å²) in [6, 6.07) is 0. The highest BCUT2D eigenvalue weighted by Crippen LogP contribution is 2.43. The van der Waals surface area contributed by atoms with Gasteiger partial charge in [-0.25, -0.2) is 4.57 Å². The zero-order valence-corrected chi connectivity index (χ0v) is 39.2. The molecule has 10 heteroatoms. The maximum Gasteiger partial charge on any atom is 0.472 e. The lowest BCUT2D eigenvalue weighted by Gasteiger charge is -2.19. The van der Waals surface area contributed by atoms with Gasteiger partial charge in [0.1, 0.15) is 6.61 Å². The van der Waals surface area contributed by atoms with Gasteiger partial charge in [0.25, 0.3) is 0 Å². The molecule has 0 aliphatic heterocycles. The van der Waals surface area contributed by atoms with Gasteiger partial charge >= 0.3 is 19.8 Å². The number of nitrogens with two attached hydrogens (primary N) is 1. The number of hydrogen-bond donors (Lipinski definition) is 2. The molecule has 0 radical (unpaired) electrons. The Bertz CT molecular complexity index is 922. The molecular weight excluding hydrogens is 750 g/mol. The number of phosphoric acid groups is 1. The maximum absolute atomic E-state index is 12.6. The highest BCUT2D eigenvalue weighted by molar-refractivity contribution is 7.47. The van der Waals surface area contributed by atoms with E-state index in [0.717, 1.165) is 32.1 Å². The van der Waals surface area contributed by atoms with Crippen molar-refractivity contribution < 1.29 is 37.6 Å². The van der Waals surface area contributed by atoms with Crippen LogP contribution in [0.2, 0.25) is 0 Å². The Balaban J connectivity index is 4.01. The van der Waals surface area contributed by atoms with E-state index in [-0.39, 0.29) is 38.6 Å². The largest absolute Gasteiger partial charge is 0.472 e. The van der Waals surface area contributed by atoms with Crippen molar-refractivity contribution in [1.82, 2.24) is 0 Å². The summed E-state index contributed by atoms with van der Waals surface area (Å²) < 4.78 is 32.9. The van der Waals surface area contributed by atoms with E-state index in [1.165, 1.54) is 199 Å². The van der Waals surface area contributed by atoms with Crippen LogP contribution in [0.4, 0.5) is 0 Å². The number of esters is 2. The number of carbonyl (C=O) groups is 2. The average Bonchev–Trinajstić information content (AvgIpc) is 3.21. The first-order valence-corrected chi connectivity index (χ1v) is 26.5. The predicted molar refractivity (Wildman–Crippen MR) is 243 cm³/mol. The number of unbranched alkanes of at least 4 members (excludes halogenated alkanes) is 35. The van der Waals surface area contributed by atoms with Crippen LogP contribution in [-0.2, 0) is 32.7 Å². The molecule has 0 spiro atoms. The van der Waals surface area contributed by atoms with Crippen molar-refractivity contribution in [2.75, 3.05) is 26.4 Å². The molecule has 0 saturated carbocycles. The van der Waals surface area contributed by atoms with E-state index in [4.69, 9.17) is 24.3 Å². The minimum Gasteiger partial charge on any atom is -0.462 e. The Hall–Kier alpha value is -0.990. The molecule has 0 aromatic heterocycles. The van der Waals surface area contributed by atoms with Gasteiger partial charge in [0.15, 0.2) is 6.10 Å². The Morgan fingerprint density at radius 3 is 1.05 bits per heavy atom. The molecular formula is C48H96NO8P. The minimum absolute atomic E-state index is 0.0584. The average molecular weight is 846 g/mol. The van der Waals surface area contributed by atoms with Crippen LogP contribution in [0.15, 0.2) is 0 Å². The number of phosphoric ester groups is 1. The summed E-state index contributed by atoms with van der Waals surface area (Å²) in [6.45, 7) is 3.80. The highest BCUT2D eigenvalue weighted by atomic mass is 31.2. The van der Waals surface area contributed by atoms with Gasteiger partial charge in [0, 0.05) is 19.4 Å². The van der Waals surface area contributed by atoms with Gasteiger partial charge in [-0.05, 0) is 12.8 Å². The molecule has 3 N–H and O–H groups in total. The van der Waals surface area contributed by atoms with Crippen molar-refractivity contribution in [3.05, 3.63) is 0 Å². The van der Waals surface area contributed by atoms with E-state index in [1.807, 2.05) is 0 Å². The van der Waals surface area contributed by atoms with E-state index < -0.39 is 26.5 Å². The zero-order valence-electron chi connectivity index (χ0n) is 38.3. The summed E-state index contributed by atoms with van der Waals surface area (Å²) in [5.74, 6) is -0.807. The molecule has 0 aromatic rings.